The SMILES string of the molecule is COc1cc(NCc2cc(Br)c(OC)c(Br)c2)ccc1F. The molecule has 0 heterocycles. The summed E-state index contributed by atoms with van der Waals surface area (Å²) < 4.78 is 25.3. The molecule has 2 aromatic carbocycles. The summed E-state index contributed by atoms with van der Waals surface area (Å²) in [7, 11) is 3.06. The summed E-state index contributed by atoms with van der Waals surface area (Å²) in [6.45, 7) is 0.593. The molecule has 6 heteroatoms. The lowest BCUT2D eigenvalue weighted by atomic mass is 10.2. The van der Waals surface area contributed by atoms with Crippen LogP contribution in [0.15, 0.2) is 39.3 Å². The van der Waals surface area contributed by atoms with Crippen LogP contribution in [0.2, 0.25) is 0 Å². The van der Waals surface area contributed by atoms with E-state index in [1.165, 1.54) is 13.2 Å². The van der Waals surface area contributed by atoms with E-state index in [1.54, 1.807) is 19.2 Å². The highest BCUT2D eigenvalue weighted by Crippen LogP contribution is 2.34. The first-order chi connectivity index (χ1) is 10.0. The van der Waals surface area contributed by atoms with E-state index in [0.717, 1.165) is 25.9 Å². The van der Waals surface area contributed by atoms with Crippen molar-refractivity contribution in [1.29, 1.82) is 0 Å². The van der Waals surface area contributed by atoms with E-state index in [1.807, 2.05) is 12.1 Å². The first-order valence-electron chi connectivity index (χ1n) is 6.14. The lowest BCUT2D eigenvalue weighted by molar-refractivity contribution is 0.387. The zero-order valence-corrected chi connectivity index (χ0v) is 14.7. The molecular weight excluding hydrogens is 405 g/mol. The number of halogens is 3. The van der Waals surface area contributed by atoms with Crippen molar-refractivity contribution < 1.29 is 13.9 Å². The van der Waals surface area contributed by atoms with Crippen LogP contribution in [0.25, 0.3) is 0 Å². The molecule has 2 aromatic rings. The molecule has 0 bridgehead atoms. The average molecular weight is 419 g/mol. The van der Waals surface area contributed by atoms with Crippen molar-refractivity contribution in [3.8, 4) is 11.5 Å². The van der Waals surface area contributed by atoms with Crippen LogP contribution in [0.5, 0.6) is 11.5 Å². The number of nitrogens with one attached hydrogen (secondary N) is 1. The Kier molecular flexibility index (Phi) is 5.47. The molecule has 0 aliphatic carbocycles. The number of hydrogen-bond donors (Lipinski definition) is 1. The van der Waals surface area contributed by atoms with Crippen molar-refractivity contribution >= 4 is 37.5 Å². The Labute approximate surface area is 139 Å². The van der Waals surface area contributed by atoms with Crippen LogP contribution in [-0.2, 0) is 6.54 Å². The third kappa shape index (κ3) is 3.89. The maximum atomic E-state index is 13.3. The summed E-state index contributed by atoms with van der Waals surface area (Å²) in [4.78, 5) is 0. The van der Waals surface area contributed by atoms with E-state index in [0.29, 0.717) is 6.54 Å². The van der Waals surface area contributed by atoms with Crippen LogP contribution in [-0.4, -0.2) is 14.2 Å². The van der Waals surface area contributed by atoms with E-state index in [9.17, 15) is 4.39 Å². The first kappa shape index (κ1) is 16.1. The van der Waals surface area contributed by atoms with Crippen LogP contribution in [0, 0.1) is 5.82 Å². The van der Waals surface area contributed by atoms with Crippen LogP contribution >= 0.6 is 31.9 Å². The monoisotopic (exact) mass is 417 g/mol. The highest BCUT2D eigenvalue weighted by atomic mass is 79.9. The van der Waals surface area contributed by atoms with Crippen molar-refractivity contribution in [3.05, 3.63) is 50.7 Å². The standard InChI is InChI=1S/C15H14Br2FNO2/c1-20-14-7-10(3-4-13(14)18)19-8-9-5-11(16)15(21-2)12(17)6-9/h3-7,19H,8H2,1-2H3. The van der Waals surface area contributed by atoms with Gasteiger partial charge in [-0.15, -0.1) is 0 Å². The molecule has 1 N–H and O–H groups in total. The van der Waals surface area contributed by atoms with E-state index < -0.39 is 0 Å². The second-order valence-corrected chi connectivity index (χ2v) is 6.00. The van der Waals surface area contributed by atoms with Gasteiger partial charge in [-0.2, -0.15) is 0 Å². The molecule has 0 saturated heterocycles. The Morgan fingerprint density at radius 2 is 1.71 bits per heavy atom. The summed E-state index contributed by atoms with van der Waals surface area (Å²) in [5, 5.41) is 3.23. The Hall–Kier alpha value is -1.27. The van der Waals surface area contributed by atoms with E-state index in [-0.39, 0.29) is 11.6 Å². The molecule has 0 amide bonds. The van der Waals surface area contributed by atoms with E-state index in [4.69, 9.17) is 9.47 Å². The van der Waals surface area contributed by atoms with Gasteiger partial charge in [0.2, 0.25) is 0 Å². The van der Waals surface area contributed by atoms with Crippen LogP contribution in [0.1, 0.15) is 5.56 Å². The van der Waals surface area contributed by atoms with Crippen LogP contribution < -0.4 is 14.8 Å². The Balaban J connectivity index is 2.13. The third-order valence-corrected chi connectivity index (χ3v) is 4.09. The zero-order valence-electron chi connectivity index (χ0n) is 11.5. The predicted molar refractivity (Wildman–Crippen MR) is 88.7 cm³/mol. The molecule has 0 fully saturated rings. The van der Waals surface area contributed by atoms with Gasteiger partial charge in [0.15, 0.2) is 11.6 Å². The van der Waals surface area contributed by atoms with Gasteiger partial charge in [-0.05, 0) is 61.7 Å². The predicted octanol–water partition coefficient (Wildman–Crippen LogP) is 4.98. The Morgan fingerprint density at radius 1 is 1.05 bits per heavy atom. The number of methoxy groups -OCH3 is 2. The minimum absolute atomic E-state index is 0.220. The summed E-state index contributed by atoms with van der Waals surface area (Å²) in [5.74, 6) is 0.595. The molecule has 0 atom stereocenters. The van der Waals surface area contributed by atoms with E-state index in [2.05, 4.69) is 37.2 Å². The minimum atomic E-state index is -0.377. The van der Waals surface area contributed by atoms with Gasteiger partial charge in [0.25, 0.3) is 0 Å². The second kappa shape index (κ2) is 7.13. The summed E-state index contributed by atoms with van der Waals surface area (Å²) >= 11 is 6.93. The average Bonchev–Trinajstić information content (AvgIpc) is 2.46. The van der Waals surface area contributed by atoms with E-state index >= 15 is 0 Å². The topological polar surface area (TPSA) is 30.5 Å². The molecule has 0 aliphatic heterocycles. The van der Waals surface area contributed by atoms with Gasteiger partial charge in [-0.3, -0.25) is 0 Å². The largest absolute Gasteiger partial charge is 0.494 e. The number of anilines is 1. The molecule has 0 aromatic heterocycles. The quantitative estimate of drug-likeness (QED) is 0.742. The van der Waals surface area contributed by atoms with Crippen LogP contribution in [0.4, 0.5) is 10.1 Å². The molecule has 112 valence electrons. The highest BCUT2D eigenvalue weighted by molar-refractivity contribution is 9.11. The summed E-state index contributed by atoms with van der Waals surface area (Å²) in [6.07, 6.45) is 0. The summed E-state index contributed by atoms with van der Waals surface area (Å²) in [5.41, 5.74) is 1.84. The minimum Gasteiger partial charge on any atom is -0.494 e. The van der Waals surface area contributed by atoms with Gasteiger partial charge >= 0.3 is 0 Å². The van der Waals surface area contributed by atoms with Crippen molar-refractivity contribution in [1.82, 2.24) is 0 Å². The van der Waals surface area contributed by atoms with Gasteiger partial charge in [-0.1, -0.05) is 0 Å². The number of ether oxygens (including phenoxy) is 2. The van der Waals surface area contributed by atoms with Gasteiger partial charge in [0, 0.05) is 18.3 Å². The highest BCUT2D eigenvalue weighted by Gasteiger charge is 2.08. The lowest BCUT2D eigenvalue weighted by Gasteiger charge is -2.12. The third-order valence-electron chi connectivity index (χ3n) is 2.91. The fourth-order valence-electron chi connectivity index (χ4n) is 1.88. The molecule has 0 unspecified atom stereocenters. The Bertz CT molecular complexity index is 627. The van der Waals surface area contributed by atoms with Gasteiger partial charge in [-0.25, -0.2) is 4.39 Å². The summed E-state index contributed by atoms with van der Waals surface area (Å²) in [6, 6.07) is 8.62. The molecule has 0 aliphatic rings. The first-order valence-corrected chi connectivity index (χ1v) is 7.73. The molecule has 0 saturated carbocycles. The lowest BCUT2D eigenvalue weighted by Crippen LogP contribution is -2.01. The molecule has 3 nitrogen and oxygen atoms in total. The number of rotatable bonds is 5. The fraction of sp³-hybridized carbons (Fsp3) is 0.200. The van der Waals surface area contributed by atoms with Crippen molar-refractivity contribution in [3.63, 3.8) is 0 Å². The maximum absolute atomic E-state index is 13.3. The number of benzene rings is 2. The molecule has 21 heavy (non-hydrogen) atoms. The molecule has 2 rings (SSSR count). The van der Waals surface area contributed by atoms with Crippen molar-refractivity contribution in [2.75, 3.05) is 19.5 Å². The molecule has 0 spiro atoms. The normalized spacial score (nSPS) is 10.3. The van der Waals surface area contributed by atoms with Gasteiger partial charge in [0.05, 0.1) is 23.2 Å². The zero-order chi connectivity index (χ0) is 15.4. The fourth-order valence-corrected chi connectivity index (χ4v) is 3.49. The number of hydrogen-bond acceptors (Lipinski definition) is 3. The molecule has 0 radical (unpaired) electrons. The molecular formula is C15H14Br2FNO2. The van der Waals surface area contributed by atoms with Gasteiger partial charge in [0.1, 0.15) is 5.75 Å². The van der Waals surface area contributed by atoms with Gasteiger partial charge < -0.3 is 14.8 Å². The van der Waals surface area contributed by atoms with Crippen molar-refractivity contribution in [2.24, 2.45) is 0 Å². The second-order valence-electron chi connectivity index (χ2n) is 4.30. The van der Waals surface area contributed by atoms with Crippen LogP contribution in [0.3, 0.4) is 0 Å². The Morgan fingerprint density at radius 3 is 2.29 bits per heavy atom. The van der Waals surface area contributed by atoms with Crippen molar-refractivity contribution in [2.45, 2.75) is 6.54 Å². The maximum Gasteiger partial charge on any atom is 0.165 e. The smallest absolute Gasteiger partial charge is 0.165 e.